The SMILES string of the molecule is CS(=O)(=O)c1cccc(NCCCN2CCOCC2)c1N. The Morgan fingerprint density at radius 1 is 1.33 bits per heavy atom. The molecule has 3 N–H and O–H groups in total. The standard InChI is InChI=1S/C14H23N3O3S/c1-21(18,19)13-5-2-4-12(14(13)15)16-6-3-7-17-8-10-20-11-9-17/h2,4-5,16H,3,6-11,15H2,1H3. The van der Waals surface area contributed by atoms with Crippen molar-refractivity contribution in [2.45, 2.75) is 11.3 Å². The van der Waals surface area contributed by atoms with Gasteiger partial charge in [-0.3, -0.25) is 4.90 Å². The molecule has 118 valence electrons. The number of ether oxygens (including phenoxy) is 1. The van der Waals surface area contributed by atoms with E-state index < -0.39 is 9.84 Å². The Bertz CT molecular complexity index is 569. The first-order valence-corrected chi connectivity index (χ1v) is 9.00. The van der Waals surface area contributed by atoms with Crippen molar-refractivity contribution in [2.75, 3.05) is 56.7 Å². The van der Waals surface area contributed by atoms with Crippen molar-refractivity contribution in [3.05, 3.63) is 18.2 Å². The summed E-state index contributed by atoms with van der Waals surface area (Å²) in [4.78, 5) is 2.54. The van der Waals surface area contributed by atoms with E-state index in [2.05, 4.69) is 10.2 Å². The molecular weight excluding hydrogens is 290 g/mol. The van der Waals surface area contributed by atoms with E-state index in [4.69, 9.17) is 10.5 Å². The average molecular weight is 313 g/mol. The zero-order valence-corrected chi connectivity index (χ0v) is 13.2. The molecule has 0 aromatic heterocycles. The van der Waals surface area contributed by atoms with Gasteiger partial charge < -0.3 is 15.8 Å². The number of hydrogen-bond acceptors (Lipinski definition) is 6. The summed E-state index contributed by atoms with van der Waals surface area (Å²) in [5, 5.41) is 3.22. The van der Waals surface area contributed by atoms with Crippen molar-refractivity contribution in [3.63, 3.8) is 0 Å². The van der Waals surface area contributed by atoms with Crippen LogP contribution in [0.25, 0.3) is 0 Å². The molecule has 1 fully saturated rings. The number of sulfone groups is 1. The number of nitrogens with zero attached hydrogens (tertiary/aromatic N) is 1. The van der Waals surface area contributed by atoms with E-state index >= 15 is 0 Å². The van der Waals surface area contributed by atoms with Crippen LogP contribution in [-0.2, 0) is 14.6 Å². The topological polar surface area (TPSA) is 84.7 Å². The first-order chi connectivity index (χ1) is 9.98. The lowest BCUT2D eigenvalue weighted by Crippen LogP contribution is -2.37. The molecule has 21 heavy (non-hydrogen) atoms. The monoisotopic (exact) mass is 313 g/mol. The highest BCUT2D eigenvalue weighted by atomic mass is 32.2. The number of nitrogen functional groups attached to an aromatic ring is 1. The van der Waals surface area contributed by atoms with Crippen molar-refractivity contribution >= 4 is 21.2 Å². The van der Waals surface area contributed by atoms with E-state index in [9.17, 15) is 8.42 Å². The Hall–Kier alpha value is -1.31. The summed E-state index contributed by atoms with van der Waals surface area (Å²) in [7, 11) is -3.29. The van der Waals surface area contributed by atoms with Crippen molar-refractivity contribution in [2.24, 2.45) is 0 Å². The largest absolute Gasteiger partial charge is 0.396 e. The summed E-state index contributed by atoms with van der Waals surface area (Å²) in [6, 6.07) is 5.04. The minimum Gasteiger partial charge on any atom is -0.396 e. The second-order valence-corrected chi connectivity index (χ2v) is 7.21. The van der Waals surface area contributed by atoms with Gasteiger partial charge in [-0.05, 0) is 25.1 Å². The van der Waals surface area contributed by atoms with Gasteiger partial charge in [0, 0.05) is 25.9 Å². The molecule has 0 spiro atoms. The van der Waals surface area contributed by atoms with Crippen molar-refractivity contribution < 1.29 is 13.2 Å². The van der Waals surface area contributed by atoms with Gasteiger partial charge in [0.05, 0.1) is 29.5 Å². The van der Waals surface area contributed by atoms with E-state index in [1.807, 2.05) is 0 Å². The Labute approximate surface area is 126 Å². The second kappa shape index (κ2) is 7.11. The van der Waals surface area contributed by atoms with Crippen LogP contribution in [0.5, 0.6) is 0 Å². The number of anilines is 2. The van der Waals surface area contributed by atoms with Crippen molar-refractivity contribution in [3.8, 4) is 0 Å². The lowest BCUT2D eigenvalue weighted by atomic mass is 10.2. The normalized spacial score (nSPS) is 16.8. The van der Waals surface area contributed by atoms with E-state index in [-0.39, 0.29) is 4.90 Å². The maximum absolute atomic E-state index is 11.6. The highest BCUT2D eigenvalue weighted by Crippen LogP contribution is 2.26. The van der Waals surface area contributed by atoms with Crippen LogP contribution in [0.15, 0.2) is 23.1 Å². The van der Waals surface area contributed by atoms with Gasteiger partial charge in [0.15, 0.2) is 9.84 Å². The predicted molar refractivity (Wildman–Crippen MR) is 84.3 cm³/mol. The average Bonchev–Trinajstić information content (AvgIpc) is 2.45. The summed E-state index contributed by atoms with van der Waals surface area (Å²) in [5.41, 5.74) is 6.90. The fourth-order valence-electron chi connectivity index (χ4n) is 2.37. The lowest BCUT2D eigenvalue weighted by molar-refractivity contribution is 0.0378. The van der Waals surface area contributed by atoms with Crippen LogP contribution >= 0.6 is 0 Å². The van der Waals surface area contributed by atoms with Gasteiger partial charge in [-0.15, -0.1) is 0 Å². The molecular formula is C14H23N3O3S. The van der Waals surface area contributed by atoms with Gasteiger partial charge in [-0.1, -0.05) is 6.07 Å². The summed E-state index contributed by atoms with van der Waals surface area (Å²) in [6.45, 7) is 5.32. The maximum Gasteiger partial charge on any atom is 0.177 e. The van der Waals surface area contributed by atoms with Gasteiger partial charge in [0.2, 0.25) is 0 Å². The number of para-hydroxylation sites is 1. The lowest BCUT2D eigenvalue weighted by Gasteiger charge is -2.26. The molecule has 1 aliphatic heterocycles. The molecule has 0 aliphatic carbocycles. The molecule has 0 unspecified atom stereocenters. The Balaban J connectivity index is 1.86. The van der Waals surface area contributed by atoms with Crippen LogP contribution in [0.3, 0.4) is 0 Å². The fourth-order valence-corrected chi connectivity index (χ4v) is 3.21. The molecule has 0 atom stereocenters. The Kier molecular flexibility index (Phi) is 5.44. The maximum atomic E-state index is 11.6. The smallest absolute Gasteiger partial charge is 0.177 e. The minimum absolute atomic E-state index is 0.181. The molecule has 1 aliphatic rings. The van der Waals surface area contributed by atoms with E-state index in [1.165, 1.54) is 12.3 Å². The first kappa shape index (κ1) is 16.1. The molecule has 7 heteroatoms. The molecule has 0 saturated carbocycles. The van der Waals surface area contributed by atoms with Crippen molar-refractivity contribution in [1.82, 2.24) is 4.90 Å². The molecule has 1 aromatic rings. The van der Waals surface area contributed by atoms with Crippen LogP contribution in [0, 0.1) is 0 Å². The van der Waals surface area contributed by atoms with Crippen LogP contribution in [0.4, 0.5) is 11.4 Å². The highest BCUT2D eigenvalue weighted by molar-refractivity contribution is 7.90. The van der Waals surface area contributed by atoms with Gasteiger partial charge in [-0.2, -0.15) is 0 Å². The molecule has 0 amide bonds. The van der Waals surface area contributed by atoms with E-state index in [0.29, 0.717) is 11.4 Å². The number of hydrogen-bond donors (Lipinski definition) is 2. The summed E-state index contributed by atoms with van der Waals surface area (Å²) < 4.78 is 28.5. The molecule has 6 nitrogen and oxygen atoms in total. The van der Waals surface area contributed by atoms with Gasteiger partial charge in [0.25, 0.3) is 0 Å². The number of nitrogens with one attached hydrogen (secondary N) is 1. The molecule has 0 bridgehead atoms. The zero-order valence-electron chi connectivity index (χ0n) is 12.3. The number of morpholine rings is 1. The zero-order chi connectivity index (χ0) is 15.3. The van der Waals surface area contributed by atoms with Gasteiger partial charge in [-0.25, -0.2) is 8.42 Å². The fraction of sp³-hybridized carbons (Fsp3) is 0.571. The summed E-state index contributed by atoms with van der Waals surface area (Å²) >= 11 is 0. The third-order valence-electron chi connectivity index (χ3n) is 3.54. The summed E-state index contributed by atoms with van der Waals surface area (Å²) in [5.74, 6) is 0. The number of rotatable bonds is 6. The predicted octanol–water partition coefficient (Wildman–Crippen LogP) is 0.807. The Morgan fingerprint density at radius 3 is 2.71 bits per heavy atom. The first-order valence-electron chi connectivity index (χ1n) is 7.11. The summed E-state index contributed by atoms with van der Waals surface area (Å²) in [6.07, 6.45) is 2.14. The molecule has 1 aromatic carbocycles. The third kappa shape index (κ3) is 4.59. The van der Waals surface area contributed by atoms with Crippen LogP contribution in [-0.4, -0.2) is 59.0 Å². The molecule has 1 heterocycles. The molecule has 0 radical (unpaired) electrons. The van der Waals surface area contributed by atoms with E-state index in [0.717, 1.165) is 45.8 Å². The minimum atomic E-state index is -3.29. The van der Waals surface area contributed by atoms with Crippen LogP contribution in [0.1, 0.15) is 6.42 Å². The number of nitrogens with two attached hydrogens (primary N) is 1. The third-order valence-corrected chi connectivity index (χ3v) is 4.69. The van der Waals surface area contributed by atoms with Crippen LogP contribution < -0.4 is 11.1 Å². The Morgan fingerprint density at radius 2 is 2.05 bits per heavy atom. The van der Waals surface area contributed by atoms with E-state index in [1.54, 1.807) is 12.1 Å². The quantitative estimate of drug-likeness (QED) is 0.597. The molecule has 2 rings (SSSR count). The van der Waals surface area contributed by atoms with Crippen molar-refractivity contribution in [1.29, 1.82) is 0 Å². The van der Waals surface area contributed by atoms with Gasteiger partial charge in [0.1, 0.15) is 0 Å². The second-order valence-electron chi connectivity index (χ2n) is 5.22. The highest BCUT2D eigenvalue weighted by Gasteiger charge is 2.14. The number of benzene rings is 1. The molecule has 1 saturated heterocycles. The van der Waals surface area contributed by atoms with Gasteiger partial charge >= 0.3 is 0 Å². The van der Waals surface area contributed by atoms with Crippen LogP contribution in [0.2, 0.25) is 0 Å².